The molecule has 0 N–H and O–H groups in total. The number of hydrogen-bond donors (Lipinski definition) is 0. The lowest BCUT2D eigenvalue weighted by Gasteiger charge is -2.36. The molecular weight excluding hydrogens is 218 g/mol. The number of carbonyl (C=O) groups excluding carboxylic acids is 1. The largest absolute Gasteiger partial charge is 0.368 e. The van der Waals surface area contributed by atoms with Gasteiger partial charge in [0, 0.05) is 32.8 Å². The molecule has 94 valence electrons. The normalized spacial score (nSPS) is 26.5. The summed E-state index contributed by atoms with van der Waals surface area (Å²) in [5.74, 6) is 0.140. The average molecular weight is 237 g/mol. The summed E-state index contributed by atoms with van der Waals surface area (Å²) in [6.45, 7) is 4.21. The molecule has 0 saturated carbocycles. The molecule has 2 saturated heterocycles. The summed E-state index contributed by atoms with van der Waals surface area (Å²) < 4.78 is 5.51. The molecule has 0 bridgehead atoms. The SMILES string of the molecule is N#CCN1CCN(C(=O)C2CCCCO2)CC1. The van der Waals surface area contributed by atoms with Crippen LogP contribution in [0.5, 0.6) is 0 Å². The van der Waals surface area contributed by atoms with E-state index in [1.807, 2.05) is 4.90 Å². The van der Waals surface area contributed by atoms with Gasteiger partial charge < -0.3 is 9.64 Å². The van der Waals surface area contributed by atoms with Gasteiger partial charge in [0.25, 0.3) is 5.91 Å². The molecule has 17 heavy (non-hydrogen) atoms. The Hall–Kier alpha value is -1.12. The maximum atomic E-state index is 12.1. The van der Waals surface area contributed by atoms with Gasteiger partial charge in [0.2, 0.25) is 0 Å². The van der Waals surface area contributed by atoms with Crippen molar-refractivity contribution < 1.29 is 9.53 Å². The first kappa shape index (κ1) is 12.3. The van der Waals surface area contributed by atoms with E-state index in [0.717, 1.165) is 45.4 Å². The summed E-state index contributed by atoms with van der Waals surface area (Å²) in [6, 6.07) is 2.14. The number of amides is 1. The van der Waals surface area contributed by atoms with E-state index in [0.29, 0.717) is 13.2 Å². The molecule has 1 amide bonds. The van der Waals surface area contributed by atoms with Crippen molar-refractivity contribution in [2.24, 2.45) is 0 Å². The van der Waals surface area contributed by atoms with Gasteiger partial charge in [-0.25, -0.2) is 0 Å². The number of nitriles is 1. The van der Waals surface area contributed by atoms with Crippen molar-refractivity contribution in [3.63, 3.8) is 0 Å². The fourth-order valence-corrected chi connectivity index (χ4v) is 2.37. The molecule has 0 aromatic heterocycles. The number of nitrogens with zero attached hydrogens (tertiary/aromatic N) is 3. The van der Waals surface area contributed by atoms with Gasteiger partial charge in [0.1, 0.15) is 6.10 Å². The van der Waals surface area contributed by atoms with Gasteiger partial charge in [0.15, 0.2) is 0 Å². The molecule has 0 spiro atoms. The van der Waals surface area contributed by atoms with E-state index in [2.05, 4.69) is 11.0 Å². The highest BCUT2D eigenvalue weighted by Gasteiger charge is 2.28. The van der Waals surface area contributed by atoms with Crippen LogP contribution in [0.1, 0.15) is 19.3 Å². The summed E-state index contributed by atoms with van der Waals surface area (Å²) in [5, 5.41) is 8.61. The number of rotatable bonds is 2. The third-order valence-electron chi connectivity index (χ3n) is 3.43. The average Bonchev–Trinajstić information content (AvgIpc) is 2.40. The topological polar surface area (TPSA) is 56.6 Å². The molecule has 5 nitrogen and oxygen atoms in total. The van der Waals surface area contributed by atoms with Crippen molar-refractivity contribution in [3.05, 3.63) is 0 Å². The van der Waals surface area contributed by atoms with Crippen molar-refractivity contribution in [2.45, 2.75) is 25.4 Å². The minimum absolute atomic E-state index is 0.140. The number of hydrogen-bond acceptors (Lipinski definition) is 4. The van der Waals surface area contributed by atoms with Crippen molar-refractivity contribution >= 4 is 5.91 Å². The first-order chi connectivity index (χ1) is 8.31. The number of carbonyl (C=O) groups is 1. The van der Waals surface area contributed by atoms with Crippen molar-refractivity contribution in [1.82, 2.24) is 9.80 Å². The third kappa shape index (κ3) is 3.18. The van der Waals surface area contributed by atoms with Crippen LogP contribution in [-0.2, 0) is 9.53 Å². The maximum Gasteiger partial charge on any atom is 0.251 e. The van der Waals surface area contributed by atoms with Crippen LogP contribution in [0.4, 0.5) is 0 Å². The van der Waals surface area contributed by atoms with Gasteiger partial charge in [-0.3, -0.25) is 9.69 Å². The summed E-state index contributed by atoms with van der Waals surface area (Å²) in [7, 11) is 0. The molecule has 0 aliphatic carbocycles. The van der Waals surface area contributed by atoms with E-state index in [4.69, 9.17) is 10.00 Å². The maximum absolute atomic E-state index is 12.1. The summed E-state index contributed by atoms with van der Waals surface area (Å²) in [5.41, 5.74) is 0. The highest BCUT2D eigenvalue weighted by Crippen LogP contribution is 2.16. The lowest BCUT2D eigenvalue weighted by molar-refractivity contribution is -0.148. The Balaban J connectivity index is 1.79. The van der Waals surface area contributed by atoms with E-state index < -0.39 is 0 Å². The first-order valence-corrected chi connectivity index (χ1v) is 6.31. The number of piperazine rings is 1. The molecule has 2 fully saturated rings. The second-order valence-electron chi connectivity index (χ2n) is 4.61. The van der Waals surface area contributed by atoms with Crippen LogP contribution in [-0.4, -0.2) is 61.1 Å². The van der Waals surface area contributed by atoms with E-state index in [9.17, 15) is 4.79 Å². The lowest BCUT2D eigenvalue weighted by atomic mass is 10.1. The van der Waals surface area contributed by atoms with Crippen molar-refractivity contribution in [3.8, 4) is 6.07 Å². The van der Waals surface area contributed by atoms with Crippen LogP contribution in [0.25, 0.3) is 0 Å². The Kier molecular flexibility index (Phi) is 4.35. The molecule has 1 unspecified atom stereocenters. The highest BCUT2D eigenvalue weighted by atomic mass is 16.5. The Morgan fingerprint density at radius 2 is 2.06 bits per heavy atom. The van der Waals surface area contributed by atoms with Gasteiger partial charge >= 0.3 is 0 Å². The monoisotopic (exact) mass is 237 g/mol. The molecule has 0 radical (unpaired) electrons. The smallest absolute Gasteiger partial charge is 0.251 e. The van der Waals surface area contributed by atoms with Crippen LogP contribution in [0.2, 0.25) is 0 Å². The third-order valence-corrected chi connectivity index (χ3v) is 3.43. The molecule has 0 aromatic carbocycles. The highest BCUT2D eigenvalue weighted by molar-refractivity contribution is 5.81. The van der Waals surface area contributed by atoms with E-state index in [1.54, 1.807) is 0 Å². The molecule has 2 rings (SSSR count). The zero-order valence-corrected chi connectivity index (χ0v) is 10.1. The van der Waals surface area contributed by atoms with Crippen LogP contribution >= 0.6 is 0 Å². The summed E-state index contributed by atoms with van der Waals surface area (Å²) in [4.78, 5) is 16.1. The van der Waals surface area contributed by atoms with E-state index >= 15 is 0 Å². The van der Waals surface area contributed by atoms with Crippen LogP contribution in [0.15, 0.2) is 0 Å². The summed E-state index contributed by atoms with van der Waals surface area (Å²) >= 11 is 0. The minimum Gasteiger partial charge on any atom is -0.368 e. The standard InChI is InChI=1S/C12H19N3O2/c13-4-5-14-6-8-15(9-7-14)12(16)11-3-1-2-10-17-11/h11H,1-3,5-10H2. The molecule has 1 atom stereocenters. The van der Waals surface area contributed by atoms with Crippen LogP contribution in [0.3, 0.4) is 0 Å². The molecule has 2 aliphatic rings. The van der Waals surface area contributed by atoms with Gasteiger partial charge in [-0.2, -0.15) is 5.26 Å². The van der Waals surface area contributed by atoms with Crippen LogP contribution < -0.4 is 0 Å². The van der Waals surface area contributed by atoms with Gasteiger partial charge in [-0.15, -0.1) is 0 Å². The van der Waals surface area contributed by atoms with E-state index in [-0.39, 0.29) is 12.0 Å². The summed E-state index contributed by atoms with van der Waals surface area (Å²) in [6.07, 6.45) is 2.80. The van der Waals surface area contributed by atoms with E-state index in [1.165, 1.54) is 0 Å². The van der Waals surface area contributed by atoms with Gasteiger partial charge in [0.05, 0.1) is 12.6 Å². The van der Waals surface area contributed by atoms with Crippen LogP contribution in [0, 0.1) is 11.3 Å². The predicted octanol–water partition coefficient (Wildman–Crippen LogP) is 0.223. The molecule has 2 aliphatic heterocycles. The second-order valence-corrected chi connectivity index (χ2v) is 4.61. The molecular formula is C12H19N3O2. The zero-order valence-electron chi connectivity index (χ0n) is 10.1. The van der Waals surface area contributed by atoms with Crippen molar-refractivity contribution in [1.29, 1.82) is 5.26 Å². The lowest BCUT2D eigenvalue weighted by Crippen LogP contribution is -2.52. The predicted molar refractivity (Wildman–Crippen MR) is 62.2 cm³/mol. The van der Waals surface area contributed by atoms with Gasteiger partial charge in [-0.1, -0.05) is 0 Å². The zero-order chi connectivity index (χ0) is 12.1. The minimum atomic E-state index is -0.216. The quantitative estimate of drug-likeness (QED) is 0.645. The molecule has 0 aromatic rings. The fourth-order valence-electron chi connectivity index (χ4n) is 2.37. The molecule has 2 heterocycles. The van der Waals surface area contributed by atoms with Gasteiger partial charge in [-0.05, 0) is 19.3 Å². The Bertz CT molecular complexity index is 299. The Morgan fingerprint density at radius 1 is 1.29 bits per heavy atom. The fraction of sp³-hybridized carbons (Fsp3) is 0.833. The Morgan fingerprint density at radius 3 is 2.65 bits per heavy atom. The first-order valence-electron chi connectivity index (χ1n) is 6.31. The Labute approximate surface area is 102 Å². The second kappa shape index (κ2) is 5.99. The number of ether oxygens (including phenoxy) is 1. The van der Waals surface area contributed by atoms with Crippen molar-refractivity contribution in [2.75, 3.05) is 39.3 Å². The molecule has 5 heteroatoms.